The van der Waals surface area contributed by atoms with E-state index in [2.05, 4.69) is 15.5 Å². The number of hydrogen-bond donors (Lipinski definition) is 3. The molecule has 2 aliphatic heterocycles. The third-order valence-corrected chi connectivity index (χ3v) is 6.86. The number of amides is 5. The number of urea groups is 1. The number of para-hydroxylation sites is 1. The lowest BCUT2D eigenvalue weighted by Gasteiger charge is -2.31. The zero-order valence-electron chi connectivity index (χ0n) is 18.3. The van der Waals surface area contributed by atoms with Crippen molar-refractivity contribution in [2.75, 3.05) is 25.0 Å². The summed E-state index contributed by atoms with van der Waals surface area (Å²) in [6, 6.07) is 7.14. The fourth-order valence-electron chi connectivity index (χ4n) is 5.08. The van der Waals surface area contributed by atoms with E-state index in [1.54, 1.807) is 0 Å². The molecule has 5 amide bonds. The second-order valence-electron chi connectivity index (χ2n) is 9.11. The quantitative estimate of drug-likeness (QED) is 0.554. The average Bonchev–Trinajstić information content (AvgIpc) is 3.33. The molecule has 0 aromatic heterocycles. The molecule has 1 aromatic rings. The van der Waals surface area contributed by atoms with Gasteiger partial charge in [0.15, 0.2) is 0 Å². The highest BCUT2D eigenvalue weighted by Crippen LogP contribution is 2.35. The molecule has 172 valence electrons. The van der Waals surface area contributed by atoms with Gasteiger partial charge in [-0.2, -0.15) is 0 Å². The number of carbonyl (C=O) groups is 4. The number of hydrogen-bond acceptors (Lipinski definition) is 5. The van der Waals surface area contributed by atoms with Crippen molar-refractivity contribution < 1.29 is 19.2 Å². The third-order valence-electron chi connectivity index (χ3n) is 6.86. The molecule has 1 aliphatic carbocycles. The van der Waals surface area contributed by atoms with Crippen LogP contribution in [0.3, 0.4) is 0 Å². The number of nitrogens with one attached hydrogen (secondary N) is 2. The van der Waals surface area contributed by atoms with E-state index in [1.807, 2.05) is 24.3 Å². The summed E-state index contributed by atoms with van der Waals surface area (Å²) in [6.45, 7) is 2.16. The van der Waals surface area contributed by atoms with Crippen molar-refractivity contribution in [3.63, 3.8) is 0 Å². The second-order valence-corrected chi connectivity index (χ2v) is 9.11. The van der Waals surface area contributed by atoms with Gasteiger partial charge in [-0.15, -0.1) is 0 Å². The number of benzene rings is 1. The zero-order chi connectivity index (χ0) is 22.7. The van der Waals surface area contributed by atoms with E-state index in [1.165, 1.54) is 4.90 Å². The van der Waals surface area contributed by atoms with Gasteiger partial charge in [0.2, 0.25) is 11.8 Å². The number of carbonyl (C=O) groups excluding carboxylic acids is 4. The fraction of sp³-hybridized carbons (Fsp3) is 0.565. The Morgan fingerprint density at radius 2 is 1.91 bits per heavy atom. The van der Waals surface area contributed by atoms with Crippen LogP contribution in [0.5, 0.6) is 0 Å². The summed E-state index contributed by atoms with van der Waals surface area (Å²) in [5.41, 5.74) is 6.38. The maximum absolute atomic E-state index is 12.7. The van der Waals surface area contributed by atoms with Crippen LogP contribution in [0.25, 0.3) is 0 Å². The molecule has 0 radical (unpaired) electrons. The molecule has 32 heavy (non-hydrogen) atoms. The summed E-state index contributed by atoms with van der Waals surface area (Å²) in [5.74, 6) is -0.865. The van der Waals surface area contributed by atoms with Crippen LogP contribution >= 0.6 is 0 Å². The first-order valence-corrected chi connectivity index (χ1v) is 11.4. The molecule has 9 heteroatoms. The Morgan fingerprint density at radius 1 is 1.16 bits per heavy atom. The largest absolute Gasteiger partial charge is 0.369 e. The van der Waals surface area contributed by atoms with Gasteiger partial charge in [-0.25, -0.2) is 4.79 Å². The van der Waals surface area contributed by atoms with Crippen molar-refractivity contribution in [3.8, 4) is 0 Å². The molecule has 2 heterocycles. The van der Waals surface area contributed by atoms with Crippen LogP contribution in [-0.4, -0.2) is 58.7 Å². The molecule has 1 aromatic carbocycles. The van der Waals surface area contributed by atoms with Crippen molar-refractivity contribution in [3.05, 3.63) is 29.8 Å². The molecule has 0 bridgehead atoms. The molecular formula is C23H31N5O4. The van der Waals surface area contributed by atoms with Crippen molar-refractivity contribution in [2.24, 2.45) is 11.7 Å². The summed E-state index contributed by atoms with van der Waals surface area (Å²) in [4.78, 5) is 52.6. The number of nitrogens with two attached hydrogens (primary N) is 1. The van der Waals surface area contributed by atoms with Gasteiger partial charge >= 0.3 is 6.03 Å². The Hall–Kier alpha value is -2.94. The van der Waals surface area contributed by atoms with Crippen LogP contribution in [0.15, 0.2) is 24.3 Å². The second kappa shape index (κ2) is 9.28. The average molecular weight is 442 g/mol. The molecule has 4 N–H and O–H groups in total. The normalized spacial score (nSPS) is 22.9. The number of piperidine rings is 1. The molecule has 2 saturated heterocycles. The number of anilines is 1. The minimum Gasteiger partial charge on any atom is -0.369 e. The van der Waals surface area contributed by atoms with E-state index in [0.717, 1.165) is 37.8 Å². The minimum absolute atomic E-state index is 0.0387. The first kappa shape index (κ1) is 22.3. The van der Waals surface area contributed by atoms with E-state index in [4.69, 9.17) is 5.73 Å². The van der Waals surface area contributed by atoms with Gasteiger partial charge < -0.3 is 16.4 Å². The number of primary amides is 1. The van der Waals surface area contributed by atoms with Gasteiger partial charge in [0, 0.05) is 31.7 Å². The van der Waals surface area contributed by atoms with Crippen molar-refractivity contribution in [2.45, 2.75) is 57.0 Å². The standard InChI is InChI=1S/C23H31N5O4/c24-20(30)17-7-5-12-27(15-17)14-16-6-1-2-8-18(16)25-19(29)9-13-28-21(31)23(26-22(28)32)10-3-4-11-23/h1-2,6,8,17H,3-5,7,9-15H2,(H2,24,30)(H,25,29)(H,26,32). The minimum atomic E-state index is -0.753. The lowest BCUT2D eigenvalue weighted by Crippen LogP contribution is -2.44. The van der Waals surface area contributed by atoms with Crippen LogP contribution < -0.4 is 16.4 Å². The lowest BCUT2D eigenvalue weighted by molar-refractivity contribution is -0.131. The highest BCUT2D eigenvalue weighted by molar-refractivity contribution is 6.07. The third kappa shape index (κ3) is 4.62. The predicted molar refractivity (Wildman–Crippen MR) is 118 cm³/mol. The van der Waals surface area contributed by atoms with Crippen molar-refractivity contribution >= 4 is 29.4 Å². The van der Waals surface area contributed by atoms with Gasteiger partial charge in [0.1, 0.15) is 5.54 Å². The number of nitrogens with zero attached hydrogens (tertiary/aromatic N) is 2. The summed E-state index contributed by atoms with van der Waals surface area (Å²) in [5, 5.41) is 5.76. The van der Waals surface area contributed by atoms with Crippen LogP contribution in [0.1, 0.15) is 50.5 Å². The van der Waals surface area contributed by atoms with Gasteiger partial charge in [-0.3, -0.25) is 24.2 Å². The van der Waals surface area contributed by atoms with Crippen LogP contribution in [0, 0.1) is 5.92 Å². The molecular weight excluding hydrogens is 410 g/mol. The number of imide groups is 1. The summed E-state index contributed by atoms with van der Waals surface area (Å²) < 4.78 is 0. The molecule has 4 rings (SSSR count). The van der Waals surface area contributed by atoms with Gasteiger partial charge in [0.25, 0.3) is 5.91 Å². The molecule has 1 atom stereocenters. The zero-order valence-corrected chi connectivity index (χ0v) is 18.3. The summed E-state index contributed by atoms with van der Waals surface area (Å²) >= 11 is 0. The monoisotopic (exact) mass is 441 g/mol. The molecule has 1 spiro atoms. The van der Waals surface area contributed by atoms with Crippen LogP contribution in [-0.2, 0) is 20.9 Å². The Morgan fingerprint density at radius 3 is 2.66 bits per heavy atom. The van der Waals surface area contributed by atoms with Crippen molar-refractivity contribution in [1.82, 2.24) is 15.1 Å². The van der Waals surface area contributed by atoms with E-state index in [9.17, 15) is 19.2 Å². The summed E-state index contributed by atoms with van der Waals surface area (Å²) in [6.07, 6.45) is 4.95. The number of likely N-dealkylation sites (tertiary alicyclic amines) is 1. The molecule has 9 nitrogen and oxygen atoms in total. The maximum Gasteiger partial charge on any atom is 0.325 e. The van der Waals surface area contributed by atoms with E-state index in [0.29, 0.717) is 31.6 Å². The van der Waals surface area contributed by atoms with Gasteiger partial charge in [0.05, 0.1) is 5.92 Å². The molecule has 3 aliphatic rings. The van der Waals surface area contributed by atoms with Crippen LogP contribution in [0.4, 0.5) is 10.5 Å². The van der Waals surface area contributed by atoms with Gasteiger partial charge in [-0.05, 0) is 43.9 Å². The highest BCUT2D eigenvalue weighted by atomic mass is 16.2. The topological polar surface area (TPSA) is 125 Å². The Bertz CT molecular complexity index is 911. The fourth-order valence-corrected chi connectivity index (χ4v) is 5.08. The summed E-state index contributed by atoms with van der Waals surface area (Å²) in [7, 11) is 0. The van der Waals surface area contributed by atoms with Crippen molar-refractivity contribution in [1.29, 1.82) is 0 Å². The number of rotatable bonds is 7. The first-order chi connectivity index (χ1) is 15.4. The Labute approximate surface area is 187 Å². The molecule has 3 fully saturated rings. The maximum atomic E-state index is 12.7. The SMILES string of the molecule is NC(=O)C1CCCN(Cc2ccccc2NC(=O)CCN2C(=O)NC3(CCCC3)C2=O)C1. The highest BCUT2D eigenvalue weighted by Gasteiger charge is 2.52. The Balaban J connectivity index is 1.33. The Kier molecular flexibility index (Phi) is 6.45. The first-order valence-electron chi connectivity index (χ1n) is 11.4. The van der Waals surface area contributed by atoms with Crippen LogP contribution in [0.2, 0.25) is 0 Å². The van der Waals surface area contributed by atoms with Gasteiger partial charge in [-0.1, -0.05) is 31.0 Å². The molecule has 1 saturated carbocycles. The predicted octanol–water partition coefficient (Wildman–Crippen LogP) is 1.58. The lowest BCUT2D eigenvalue weighted by atomic mass is 9.97. The van der Waals surface area contributed by atoms with E-state index < -0.39 is 11.6 Å². The molecule has 1 unspecified atom stereocenters. The van der Waals surface area contributed by atoms with E-state index >= 15 is 0 Å². The van der Waals surface area contributed by atoms with E-state index in [-0.39, 0.29) is 36.6 Å². The smallest absolute Gasteiger partial charge is 0.325 e.